The second-order valence-electron chi connectivity index (χ2n) is 8.07. The first-order valence-electron chi connectivity index (χ1n) is 10.7. The first kappa shape index (κ1) is 19.8. The number of anilines is 1. The van der Waals surface area contributed by atoms with E-state index in [1.807, 2.05) is 6.20 Å². The summed E-state index contributed by atoms with van der Waals surface area (Å²) in [7, 11) is 0. The van der Waals surface area contributed by atoms with Crippen LogP contribution in [0.1, 0.15) is 24.0 Å². The zero-order chi connectivity index (χ0) is 21.0. The van der Waals surface area contributed by atoms with Gasteiger partial charge in [-0.25, -0.2) is 4.98 Å². The molecule has 2 aromatic carbocycles. The molecule has 0 amide bonds. The van der Waals surface area contributed by atoms with Crippen molar-refractivity contribution in [3.05, 3.63) is 77.9 Å². The summed E-state index contributed by atoms with van der Waals surface area (Å²) in [6, 6.07) is 17.1. The van der Waals surface area contributed by atoms with E-state index in [0.717, 1.165) is 63.9 Å². The minimum absolute atomic E-state index is 0.783. The molecule has 5 rings (SSSR count). The van der Waals surface area contributed by atoms with Crippen molar-refractivity contribution >= 4 is 33.6 Å². The lowest BCUT2D eigenvalue weighted by molar-refractivity contribution is 0.372. The average Bonchev–Trinajstić information content (AvgIpc) is 3.35. The maximum Gasteiger partial charge on any atom is 0.147 e. The number of benzene rings is 2. The monoisotopic (exact) mass is 427 g/mol. The zero-order valence-corrected chi connectivity index (χ0v) is 18.2. The van der Waals surface area contributed by atoms with E-state index in [1.54, 1.807) is 5.51 Å². The van der Waals surface area contributed by atoms with Gasteiger partial charge in [0, 0.05) is 22.8 Å². The lowest BCUT2D eigenvalue weighted by Crippen LogP contribution is -2.28. The molecule has 0 saturated carbocycles. The molecule has 6 heteroatoms. The summed E-state index contributed by atoms with van der Waals surface area (Å²) in [6.07, 6.45) is 5.58. The Balaban J connectivity index is 1.29. The number of rotatable bonds is 6. The highest BCUT2D eigenvalue weighted by molar-refractivity contribution is 7.12. The van der Waals surface area contributed by atoms with Crippen molar-refractivity contribution in [2.45, 2.75) is 19.3 Å². The first-order chi connectivity index (χ1) is 15.2. The summed E-state index contributed by atoms with van der Waals surface area (Å²) < 4.78 is 0. The van der Waals surface area contributed by atoms with Crippen LogP contribution in [0.25, 0.3) is 27.0 Å². The normalized spacial score (nSPS) is 14.6. The van der Waals surface area contributed by atoms with Crippen molar-refractivity contribution in [1.29, 1.82) is 0 Å². The van der Waals surface area contributed by atoms with Gasteiger partial charge < -0.3 is 10.6 Å². The molecule has 0 bridgehead atoms. The molecule has 1 fully saturated rings. The molecule has 1 aliphatic heterocycles. The van der Waals surface area contributed by atoms with Crippen molar-refractivity contribution < 1.29 is 0 Å². The highest BCUT2D eigenvalue weighted by Gasteiger charge is 2.13. The molecule has 1 saturated heterocycles. The second kappa shape index (κ2) is 8.96. The summed E-state index contributed by atoms with van der Waals surface area (Å²) in [5.74, 6) is 1.57. The Kier molecular flexibility index (Phi) is 5.74. The molecular weight excluding hydrogens is 402 g/mol. The minimum atomic E-state index is 0.783. The molecule has 0 atom stereocenters. The predicted octanol–water partition coefficient (Wildman–Crippen LogP) is 5.38. The van der Waals surface area contributed by atoms with E-state index < -0.39 is 0 Å². The summed E-state index contributed by atoms with van der Waals surface area (Å²) in [4.78, 5) is 4.56. The Bertz CT molecular complexity index is 1180. The summed E-state index contributed by atoms with van der Waals surface area (Å²) >= 11 is 1.54. The number of nitrogens with zero attached hydrogens (tertiary/aromatic N) is 3. The Hall–Kier alpha value is -3.09. The van der Waals surface area contributed by atoms with Crippen molar-refractivity contribution in [2.24, 2.45) is 5.92 Å². The van der Waals surface area contributed by atoms with Gasteiger partial charge in [0.1, 0.15) is 16.3 Å². The molecule has 0 aliphatic carbocycles. The number of piperidine rings is 1. The number of aromatic nitrogens is 3. The molecule has 0 radical (unpaired) electrons. The van der Waals surface area contributed by atoms with E-state index >= 15 is 0 Å². The maximum absolute atomic E-state index is 4.56. The Morgan fingerprint density at radius 1 is 1.06 bits per heavy atom. The molecule has 4 aromatic rings. The van der Waals surface area contributed by atoms with E-state index in [-0.39, 0.29) is 0 Å². The second-order valence-corrected chi connectivity index (χ2v) is 8.91. The topological polar surface area (TPSA) is 62.7 Å². The number of hydrogen-bond donors (Lipinski definition) is 2. The highest BCUT2D eigenvalue weighted by atomic mass is 32.1. The first-order valence-corrected chi connectivity index (χ1v) is 11.5. The lowest BCUT2D eigenvalue weighted by Gasteiger charge is -2.22. The van der Waals surface area contributed by atoms with Crippen LogP contribution in [0.3, 0.4) is 0 Å². The van der Waals surface area contributed by atoms with E-state index in [9.17, 15) is 0 Å². The summed E-state index contributed by atoms with van der Waals surface area (Å²) in [5.41, 5.74) is 6.15. The van der Waals surface area contributed by atoms with Crippen molar-refractivity contribution in [3.8, 4) is 10.6 Å². The quantitative estimate of drug-likeness (QED) is 0.433. The average molecular weight is 428 g/mol. The van der Waals surface area contributed by atoms with Gasteiger partial charge in [-0.3, -0.25) is 0 Å². The zero-order valence-electron chi connectivity index (χ0n) is 17.3. The van der Waals surface area contributed by atoms with Crippen molar-refractivity contribution in [1.82, 2.24) is 20.5 Å². The van der Waals surface area contributed by atoms with Crippen LogP contribution >= 0.6 is 11.3 Å². The molecule has 5 nitrogen and oxygen atoms in total. The van der Waals surface area contributed by atoms with Crippen LogP contribution in [0.5, 0.6) is 0 Å². The van der Waals surface area contributed by atoms with Crippen LogP contribution in [-0.2, 0) is 6.42 Å². The van der Waals surface area contributed by atoms with Gasteiger partial charge in [0.05, 0.1) is 0 Å². The number of pyridine rings is 1. The smallest absolute Gasteiger partial charge is 0.147 e. The van der Waals surface area contributed by atoms with Crippen LogP contribution in [0.2, 0.25) is 0 Å². The van der Waals surface area contributed by atoms with Gasteiger partial charge in [0.25, 0.3) is 0 Å². The molecule has 1 aliphatic rings. The molecule has 2 aromatic heterocycles. The standard InChI is InChI=1S/C25H25N5S/c1-17(20-4-2-18(3-5-20)12-19-8-10-26-11-9-19)29-24-14-23-13-21(25-30-28-16-31-25)6-7-22(23)15-27-24/h2-7,13-16,19,26H,1,8-12H2,(H,27,29). The van der Waals surface area contributed by atoms with Gasteiger partial charge in [0.15, 0.2) is 0 Å². The molecule has 2 N–H and O–H groups in total. The van der Waals surface area contributed by atoms with Crippen molar-refractivity contribution in [2.75, 3.05) is 18.4 Å². The SMILES string of the molecule is C=C(Nc1cc2cc(-c3nncs3)ccc2cn1)c1ccc(CC2CCNCC2)cc1. The maximum atomic E-state index is 4.56. The van der Waals surface area contributed by atoms with E-state index in [0.29, 0.717) is 0 Å². The molecule has 0 unspecified atom stereocenters. The van der Waals surface area contributed by atoms with Gasteiger partial charge in [0.2, 0.25) is 0 Å². The summed E-state index contributed by atoms with van der Waals surface area (Å²) in [5, 5.41) is 18.0. The van der Waals surface area contributed by atoms with E-state index in [4.69, 9.17) is 0 Å². The third-order valence-electron chi connectivity index (χ3n) is 5.89. The predicted molar refractivity (Wildman–Crippen MR) is 129 cm³/mol. The number of hydrogen-bond acceptors (Lipinski definition) is 6. The van der Waals surface area contributed by atoms with Gasteiger partial charge in [-0.2, -0.15) is 0 Å². The van der Waals surface area contributed by atoms with Crippen LogP contribution < -0.4 is 10.6 Å². The van der Waals surface area contributed by atoms with Crippen LogP contribution in [0, 0.1) is 5.92 Å². The molecule has 3 heterocycles. The van der Waals surface area contributed by atoms with Gasteiger partial charge in [-0.15, -0.1) is 10.2 Å². The van der Waals surface area contributed by atoms with Crippen LogP contribution in [0.15, 0.2) is 66.8 Å². The molecule has 156 valence electrons. The molecule has 31 heavy (non-hydrogen) atoms. The Morgan fingerprint density at radius 2 is 1.90 bits per heavy atom. The minimum Gasteiger partial charge on any atom is -0.340 e. The third kappa shape index (κ3) is 4.65. The van der Waals surface area contributed by atoms with E-state index in [2.05, 4.69) is 80.9 Å². The van der Waals surface area contributed by atoms with E-state index in [1.165, 1.54) is 29.7 Å². The van der Waals surface area contributed by atoms with Gasteiger partial charge >= 0.3 is 0 Å². The largest absolute Gasteiger partial charge is 0.340 e. The van der Waals surface area contributed by atoms with Crippen molar-refractivity contribution in [3.63, 3.8) is 0 Å². The van der Waals surface area contributed by atoms with Crippen LogP contribution in [0.4, 0.5) is 5.82 Å². The van der Waals surface area contributed by atoms with Crippen LogP contribution in [-0.4, -0.2) is 28.3 Å². The Labute approximate surface area is 186 Å². The highest BCUT2D eigenvalue weighted by Crippen LogP contribution is 2.27. The fourth-order valence-electron chi connectivity index (χ4n) is 4.13. The third-order valence-corrected chi connectivity index (χ3v) is 6.63. The number of fused-ring (bicyclic) bond motifs is 1. The lowest BCUT2D eigenvalue weighted by atomic mass is 9.90. The summed E-state index contributed by atoms with van der Waals surface area (Å²) in [6.45, 7) is 6.51. The number of nitrogens with one attached hydrogen (secondary N) is 2. The fraction of sp³-hybridized carbons (Fsp3) is 0.240. The Morgan fingerprint density at radius 3 is 2.68 bits per heavy atom. The van der Waals surface area contributed by atoms with Gasteiger partial charge in [-0.05, 0) is 66.9 Å². The molecular formula is C25H25N5S. The van der Waals surface area contributed by atoms with Gasteiger partial charge in [-0.1, -0.05) is 54.3 Å². The molecule has 0 spiro atoms. The fourth-order valence-corrected chi connectivity index (χ4v) is 4.68.